The summed E-state index contributed by atoms with van der Waals surface area (Å²) in [5.41, 5.74) is 33.6. The fraction of sp³-hybridized carbons (Fsp3) is 0.727. The number of aliphatic hydroxyl groups excluding tert-OH is 1. The van der Waals surface area contributed by atoms with Crippen LogP contribution < -0.4 is 71.6 Å². The average Bonchev–Trinajstić information content (AvgIpc) is 3.82. The number of nitrogens with one attached hydrogen (secondary N) is 8. The fourth-order valence-electron chi connectivity index (χ4n) is 7.52. The van der Waals surface area contributed by atoms with Crippen molar-refractivity contribution in [2.45, 2.75) is 152 Å². The molecule has 1 fully saturated rings. The molecule has 0 spiro atoms. The van der Waals surface area contributed by atoms with Crippen LogP contribution in [-0.2, 0) is 43.2 Å². The van der Waals surface area contributed by atoms with Gasteiger partial charge >= 0.3 is 5.97 Å². The number of terminal acetylenes is 1. The summed E-state index contributed by atoms with van der Waals surface area (Å²) in [6.45, 7) is 1.52. The summed E-state index contributed by atoms with van der Waals surface area (Å²) >= 11 is 0. The summed E-state index contributed by atoms with van der Waals surface area (Å²) < 4.78 is 0. The second-order valence-electron chi connectivity index (χ2n) is 17.2. The van der Waals surface area contributed by atoms with Gasteiger partial charge in [-0.1, -0.05) is 6.42 Å². The third kappa shape index (κ3) is 23.1. The van der Waals surface area contributed by atoms with Crippen molar-refractivity contribution < 1.29 is 53.4 Å². The molecule has 1 heterocycles. The number of carbonyl (C=O) groups excluding carboxylic acids is 8. The van der Waals surface area contributed by atoms with Crippen LogP contribution in [0.25, 0.3) is 0 Å². The van der Waals surface area contributed by atoms with Gasteiger partial charge in [-0.15, -0.1) is 12.3 Å². The molecule has 0 saturated carbocycles. The molecule has 26 heteroatoms. The summed E-state index contributed by atoms with van der Waals surface area (Å²) in [6.07, 6.45) is 7.77. The lowest BCUT2D eigenvalue weighted by atomic mass is 9.93. The molecule has 1 aliphatic rings. The molecule has 1 saturated heterocycles. The van der Waals surface area contributed by atoms with Crippen LogP contribution in [0, 0.1) is 23.7 Å². The Bertz CT molecular complexity index is 1780. The van der Waals surface area contributed by atoms with E-state index in [4.69, 9.17) is 46.2 Å². The van der Waals surface area contributed by atoms with E-state index in [9.17, 15) is 53.4 Å². The first-order valence-corrected chi connectivity index (χ1v) is 23.9. The van der Waals surface area contributed by atoms with E-state index >= 15 is 0 Å². The highest BCUT2D eigenvalue weighted by atomic mass is 16.4. The molecule has 0 aromatic rings. The van der Waals surface area contributed by atoms with Gasteiger partial charge in [0.25, 0.3) is 0 Å². The molecule has 1 rings (SSSR count). The number of carboxylic acids is 1. The predicted octanol–water partition coefficient (Wildman–Crippen LogP) is -5.48. The largest absolute Gasteiger partial charge is 0.481 e. The molecule has 26 nitrogen and oxygen atoms in total. The van der Waals surface area contributed by atoms with Gasteiger partial charge in [0.15, 0.2) is 11.7 Å². The third-order valence-electron chi connectivity index (χ3n) is 11.6. The van der Waals surface area contributed by atoms with E-state index in [0.717, 1.165) is 0 Å². The molecular weight excluding hydrogens is 915 g/mol. The topological polar surface area (TPSA) is 462 Å². The second kappa shape index (κ2) is 34.3. The number of Topliss-reactive ketones (excluding diaryl/α,β-unsaturated/α-hetero) is 1. The number of amides is 7. The Morgan fingerprint density at radius 1 is 0.743 bits per heavy atom. The number of nitrogens with zero attached hydrogens (tertiary/aromatic N) is 1. The number of hydrogen-bond acceptors (Lipinski definition) is 16. The van der Waals surface area contributed by atoms with Crippen LogP contribution in [0.1, 0.15) is 103 Å². The predicted molar refractivity (Wildman–Crippen MR) is 258 cm³/mol. The number of guanidine groups is 1. The molecule has 0 aromatic carbocycles. The van der Waals surface area contributed by atoms with Gasteiger partial charge in [-0.05, 0) is 104 Å². The van der Waals surface area contributed by atoms with Crippen LogP contribution in [-0.4, -0.2) is 168 Å². The van der Waals surface area contributed by atoms with Crippen molar-refractivity contribution in [3.8, 4) is 12.3 Å². The minimum Gasteiger partial charge on any atom is -0.481 e. The molecule has 0 aliphatic carbocycles. The van der Waals surface area contributed by atoms with E-state index in [2.05, 4.69) is 43.1 Å². The van der Waals surface area contributed by atoms with Crippen molar-refractivity contribution in [3.05, 3.63) is 0 Å². The molecule has 70 heavy (non-hydrogen) atoms. The van der Waals surface area contributed by atoms with Crippen molar-refractivity contribution in [2.75, 3.05) is 45.8 Å². The van der Waals surface area contributed by atoms with E-state index in [-0.39, 0.29) is 83.4 Å². The van der Waals surface area contributed by atoms with Crippen molar-refractivity contribution in [2.24, 2.45) is 40.3 Å². The first kappa shape index (κ1) is 62.0. The number of aliphatic carboxylic acids is 1. The highest BCUT2D eigenvalue weighted by Crippen LogP contribution is 2.21. The van der Waals surface area contributed by atoms with Crippen molar-refractivity contribution >= 4 is 59.1 Å². The lowest BCUT2D eigenvalue weighted by Crippen LogP contribution is -2.60. The fourth-order valence-corrected chi connectivity index (χ4v) is 7.52. The Morgan fingerprint density at radius 3 is 1.99 bits per heavy atom. The Balaban J connectivity index is 3.03. The van der Waals surface area contributed by atoms with Crippen LogP contribution in [0.5, 0.6) is 0 Å². The maximum atomic E-state index is 14.0. The molecule has 396 valence electrons. The first-order valence-electron chi connectivity index (χ1n) is 23.9. The second-order valence-corrected chi connectivity index (χ2v) is 17.2. The first-order chi connectivity index (χ1) is 33.3. The zero-order valence-corrected chi connectivity index (χ0v) is 40.3. The maximum Gasteiger partial charge on any atom is 0.306 e. The quantitative estimate of drug-likeness (QED) is 0.0120. The number of rotatable bonds is 36. The molecule has 9 atom stereocenters. The van der Waals surface area contributed by atoms with Crippen molar-refractivity contribution in [3.63, 3.8) is 0 Å². The summed E-state index contributed by atoms with van der Waals surface area (Å²) in [6, 6.07) is -8.47. The number of hydrogen-bond donors (Lipinski definition) is 16. The van der Waals surface area contributed by atoms with Crippen LogP contribution in [0.2, 0.25) is 0 Å². The van der Waals surface area contributed by atoms with E-state index in [1.807, 2.05) is 0 Å². The minimum atomic E-state index is -1.56. The lowest BCUT2D eigenvalue weighted by molar-refractivity contribution is -0.143. The van der Waals surface area contributed by atoms with Crippen LogP contribution in [0.4, 0.5) is 0 Å². The smallest absolute Gasteiger partial charge is 0.306 e. The third-order valence-corrected chi connectivity index (χ3v) is 11.6. The van der Waals surface area contributed by atoms with Crippen LogP contribution in [0.15, 0.2) is 0 Å². The molecule has 7 amide bonds. The summed E-state index contributed by atoms with van der Waals surface area (Å²) in [7, 11) is 0. The number of unbranched alkanes of at least 4 members (excludes halogenated alkanes) is 2. The zero-order valence-electron chi connectivity index (χ0n) is 40.3. The van der Waals surface area contributed by atoms with Crippen molar-refractivity contribution in [1.29, 1.82) is 5.41 Å². The van der Waals surface area contributed by atoms with E-state index in [1.165, 1.54) is 11.8 Å². The summed E-state index contributed by atoms with van der Waals surface area (Å²) in [5, 5.41) is 44.9. The summed E-state index contributed by atoms with van der Waals surface area (Å²) in [4.78, 5) is 120. The van der Waals surface area contributed by atoms with Crippen molar-refractivity contribution in [1.82, 2.24) is 42.1 Å². The minimum absolute atomic E-state index is 0.00674. The normalized spacial score (nSPS) is 16.6. The number of ketones is 1. The van der Waals surface area contributed by atoms with Gasteiger partial charge in [-0.2, -0.15) is 0 Å². The zero-order chi connectivity index (χ0) is 52.8. The van der Waals surface area contributed by atoms with Gasteiger partial charge < -0.3 is 86.7 Å². The molecule has 1 unspecified atom stereocenters. The van der Waals surface area contributed by atoms with Gasteiger partial charge in [-0.25, -0.2) is 0 Å². The van der Waals surface area contributed by atoms with Gasteiger partial charge in [0.05, 0.1) is 30.7 Å². The SMILES string of the molecule is C#CC[C@H](NC(=O)[C@@H]1CCCN1C(=O)[C@@H](CCCN)NC(=O)CNC(=O)[C@H](C)NC(=O)[C@@H](NC(=O)[C@@H](N)CCCCN)[C@@H](O)CN)C(=O)N[C@@H](CCCCN)C(=O)CCC(CCCNC(=N)N)C(=O)O. The number of carboxylic acid groups (broad SMARTS) is 1. The highest BCUT2D eigenvalue weighted by molar-refractivity contribution is 5.97. The van der Waals surface area contributed by atoms with E-state index < -0.39 is 121 Å². The maximum absolute atomic E-state index is 14.0. The average molecular weight is 994 g/mol. The highest BCUT2D eigenvalue weighted by Gasteiger charge is 2.39. The van der Waals surface area contributed by atoms with Gasteiger partial charge in [0.1, 0.15) is 30.2 Å². The number of likely N-dealkylation sites (tertiary alicyclic amines) is 1. The number of aliphatic hydroxyl groups is 1. The Kier molecular flexibility index (Phi) is 30.4. The molecule has 0 radical (unpaired) electrons. The van der Waals surface area contributed by atoms with Crippen LogP contribution in [0.3, 0.4) is 0 Å². The number of carbonyl (C=O) groups is 9. The Labute approximate surface area is 409 Å². The number of nitrogens with two attached hydrogens (primary N) is 6. The van der Waals surface area contributed by atoms with E-state index in [0.29, 0.717) is 51.6 Å². The van der Waals surface area contributed by atoms with E-state index in [1.54, 1.807) is 0 Å². The molecular formula is C44H79N15O11. The monoisotopic (exact) mass is 994 g/mol. The van der Waals surface area contributed by atoms with Gasteiger partial charge in [0.2, 0.25) is 41.4 Å². The van der Waals surface area contributed by atoms with Gasteiger partial charge in [-0.3, -0.25) is 48.6 Å². The molecule has 1 aliphatic heterocycles. The standard InChI is InChI=1S/C44H79N15O11/c1-3-11-30(39(65)56-29(14-5-7-20-46)33(60)18-17-27(43(69)70)12-9-22-52-44(50)51)57-40(66)32-16-10-23-59(32)42(68)31(15-8-21-47)55-35(62)25-53-37(63)26(2)54-41(67)36(34(61)24-48)58-38(64)28(49)13-4-6-19-45/h1,26-32,34,36,61H,4-25,45-49H2,2H3,(H,53,63)(H,54,67)(H,55,62)(H,56,65)(H,57,66)(H,58,64)(H,69,70)(H4,50,51,52)/t26-,27?,28-,29-,30-,31+,32-,34-,36-/m0/s1. The molecule has 0 bridgehead atoms. The Hall–Kier alpha value is -5.98. The lowest BCUT2D eigenvalue weighted by Gasteiger charge is -2.30. The summed E-state index contributed by atoms with van der Waals surface area (Å²) in [5.74, 6) is -5.69. The van der Waals surface area contributed by atoms with Gasteiger partial charge in [0, 0.05) is 32.5 Å². The molecule has 0 aromatic heterocycles. The molecule has 22 N–H and O–H groups in total. The Morgan fingerprint density at radius 2 is 1.39 bits per heavy atom. The van der Waals surface area contributed by atoms with Crippen LogP contribution >= 0.6 is 0 Å².